The number of hydrogen-bond acceptors (Lipinski definition) is 4. The Morgan fingerprint density at radius 2 is 2.00 bits per heavy atom. The second-order valence-electron chi connectivity index (χ2n) is 6.32. The number of ether oxygens (including phenoxy) is 3. The molecule has 4 aliphatic rings. The third-order valence-electron chi connectivity index (χ3n) is 5.02. The molecule has 0 spiro atoms. The van der Waals surface area contributed by atoms with E-state index in [-0.39, 0.29) is 12.4 Å². The maximum Gasteiger partial charge on any atom is 0.161 e. The highest BCUT2D eigenvalue weighted by Crippen LogP contribution is 2.46. The van der Waals surface area contributed by atoms with E-state index in [1.807, 2.05) is 0 Å². The minimum absolute atomic E-state index is 0.0472. The molecule has 2 aliphatic heterocycles. The maximum atomic E-state index is 6.16. The molecule has 19 heavy (non-hydrogen) atoms. The van der Waals surface area contributed by atoms with Gasteiger partial charge in [0.15, 0.2) is 6.29 Å². The third kappa shape index (κ3) is 2.47. The molecule has 4 rings (SSSR count). The van der Waals surface area contributed by atoms with E-state index in [1.54, 1.807) is 0 Å². The Labute approximate surface area is 114 Å². The standard InChI is InChI=1S/C15H23NO3/c1-2-12-7-11(1)8-14(12)15-18-10-13(19-15)9-16-3-5-17-6-4-16/h1-2,11-15H,3-10H2/t11-,12-,13+,14+,15-/m0/s1. The van der Waals surface area contributed by atoms with Gasteiger partial charge in [-0.15, -0.1) is 0 Å². The Morgan fingerprint density at radius 3 is 2.74 bits per heavy atom. The van der Waals surface area contributed by atoms with E-state index in [1.165, 1.54) is 12.8 Å². The lowest BCUT2D eigenvalue weighted by Crippen LogP contribution is -2.41. The van der Waals surface area contributed by atoms with Gasteiger partial charge in [-0.2, -0.15) is 0 Å². The van der Waals surface area contributed by atoms with E-state index >= 15 is 0 Å². The molecule has 106 valence electrons. The molecule has 4 nitrogen and oxygen atoms in total. The predicted molar refractivity (Wildman–Crippen MR) is 70.7 cm³/mol. The van der Waals surface area contributed by atoms with Crippen molar-refractivity contribution in [2.45, 2.75) is 25.2 Å². The molecule has 1 saturated carbocycles. The lowest BCUT2D eigenvalue weighted by atomic mass is 9.93. The highest BCUT2D eigenvalue weighted by atomic mass is 16.7. The monoisotopic (exact) mass is 265 g/mol. The fourth-order valence-electron chi connectivity index (χ4n) is 4.00. The van der Waals surface area contributed by atoms with Gasteiger partial charge in [-0.1, -0.05) is 12.2 Å². The van der Waals surface area contributed by atoms with Crippen LogP contribution in [0.15, 0.2) is 12.2 Å². The van der Waals surface area contributed by atoms with E-state index < -0.39 is 0 Å². The Morgan fingerprint density at radius 1 is 1.11 bits per heavy atom. The molecule has 0 aromatic rings. The van der Waals surface area contributed by atoms with Crippen LogP contribution < -0.4 is 0 Å². The van der Waals surface area contributed by atoms with Gasteiger partial charge in [0.05, 0.1) is 25.9 Å². The Bertz CT molecular complexity index is 353. The summed E-state index contributed by atoms with van der Waals surface area (Å²) in [5, 5.41) is 0. The zero-order valence-corrected chi connectivity index (χ0v) is 11.4. The average molecular weight is 265 g/mol. The van der Waals surface area contributed by atoms with Crippen LogP contribution in [0.3, 0.4) is 0 Å². The number of morpholine rings is 1. The number of allylic oxidation sites excluding steroid dienone is 2. The van der Waals surface area contributed by atoms with Crippen molar-refractivity contribution in [3.63, 3.8) is 0 Å². The van der Waals surface area contributed by atoms with Gasteiger partial charge in [0.25, 0.3) is 0 Å². The summed E-state index contributed by atoms with van der Waals surface area (Å²) in [5.74, 6) is 2.10. The van der Waals surface area contributed by atoms with Crippen LogP contribution in [0, 0.1) is 17.8 Å². The summed E-state index contributed by atoms with van der Waals surface area (Å²) in [7, 11) is 0. The molecule has 0 amide bonds. The Hall–Kier alpha value is -0.420. The van der Waals surface area contributed by atoms with Crippen LogP contribution in [0.1, 0.15) is 12.8 Å². The Balaban J connectivity index is 1.29. The Kier molecular flexibility index (Phi) is 3.35. The molecule has 0 N–H and O–H groups in total. The molecule has 2 aliphatic carbocycles. The highest BCUT2D eigenvalue weighted by Gasteiger charge is 2.44. The van der Waals surface area contributed by atoms with Crippen molar-refractivity contribution < 1.29 is 14.2 Å². The largest absolute Gasteiger partial charge is 0.379 e. The SMILES string of the molecule is C1=C[C@H]2C[C@H]1C[C@H]2[C@H]1OC[C@@H](CN2CCOCC2)O1. The van der Waals surface area contributed by atoms with Crippen molar-refractivity contribution in [2.75, 3.05) is 39.5 Å². The fourth-order valence-corrected chi connectivity index (χ4v) is 4.00. The minimum Gasteiger partial charge on any atom is -0.379 e. The number of hydrogen-bond donors (Lipinski definition) is 0. The molecule has 0 aromatic carbocycles. The third-order valence-corrected chi connectivity index (χ3v) is 5.02. The number of fused-ring (bicyclic) bond motifs is 2. The summed E-state index contributed by atoms with van der Waals surface area (Å²) < 4.78 is 17.5. The quantitative estimate of drug-likeness (QED) is 0.719. The normalized spacial score (nSPS) is 46.2. The molecule has 2 saturated heterocycles. The van der Waals surface area contributed by atoms with Crippen molar-refractivity contribution in [1.82, 2.24) is 4.90 Å². The lowest BCUT2D eigenvalue weighted by molar-refractivity contribution is -0.107. The molecule has 2 bridgehead atoms. The van der Waals surface area contributed by atoms with Crippen LogP contribution in [-0.4, -0.2) is 56.7 Å². The summed E-state index contributed by atoms with van der Waals surface area (Å²) in [6.45, 7) is 5.53. The molecule has 3 fully saturated rings. The molecule has 5 atom stereocenters. The number of nitrogens with zero attached hydrogens (tertiary/aromatic N) is 1. The van der Waals surface area contributed by atoms with Crippen molar-refractivity contribution >= 4 is 0 Å². The van der Waals surface area contributed by atoms with E-state index in [0.717, 1.165) is 45.4 Å². The summed E-state index contributed by atoms with van der Waals surface area (Å²) in [6.07, 6.45) is 7.64. The molecular weight excluding hydrogens is 242 g/mol. The van der Waals surface area contributed by atoms with Crippen LogP contribution >= 0.6 is 0 Å². The van der Waals surface area contributed by atoms with Crippen molar-refractivity contribution in [3.8, 4) is 0 Å². The van der Waals surface area contributed by atoms with Crippen LogP contribution in [0.2, 0.25) is 0 Å². The average Bonchev–Trinajstić information content (AvgIpc) is 3.15. The van der Waals surface area contributed by atoms with Gasteiger partial charge in [-0.05, 0) is 24.7 Å². The van der Waals surface area contributed by atoms with Crippen molar-refractivity contribution in [3.05, 3.63) is 12.2 Å². The van der Waals surface area contributed by atoms with Gasteiger partial charge < -0.3 is 14.2 Å². The summed E-state index contributed by atoms with van der Waals surface area (Å²) in [5.41, 5.74) is 0. The van der Waals surface area contributed by atoms with E-state index in [9.17, 15) is 0 Å². The smallest absolute Gasteiger partial charge is 0.161 e. The van der Waals surface area contributed by atoms with E-state index in [4.69, 9.17) is 14.2 Å². The lowest BCUT2D eigenvalue weighted by Gasteiger charge is -2.29. The topological polar surface area (TPSA) is 30.9 Å². The summed E-state index contributed by atoms with van der Waals surface area (Å²) in [4.78, 5) is 2.43. The van der Waals surface area contributed by atoms with Crippen molar-refractivity contribution in [2.24, 2.45) is 17.8 Å². The second-order valence-corrected chi connectivity index (χ2v) is 6.32. The molecule has 0 radical (unpaired) electrons. The van der Waals surface area contributed by atoms with Crippen LogP contribution in [0.4, 0.5) is 0 Å². The number of rotatable bonds is 3. The first-order valence-corrected chi connectivity index (χ1v) is 7.64. The van der Waals surface area contributed by atoms with Gasteiger partial charge in [-0.3, -0.25) is 4.90 Å². The summed E-state index contributed by atoms with van der Waals surface area (Å²) in [6, 6.07) is 0. The maximum absolute atomic E-state index is 6.16. The first kappa shape index (κ1) is 12.3. The van der Waals surface area contributed by atoms with Crippen LogP contribution in [0.5, 0.6) is 0 Å². The van der Waals surface area contributed by atoms with Crippen LogP contribution in [-0.2, 0) is 14.2 Å². The molecule has 0 aromatic heterocycles. The summed E-state index contributed by atoms with van der Waals surface area (Å²) >= 11 is 0. The van der Waals surface area contributed by atoms with E-state index in [2.05, 4.69) is 17.1 Å². The van der Waals surface area contributed by atoms with Crippen LogP contribution in [0.25, 0.3) is 0 Å². The van der Waals surface area contributed by atoms with Gasteiger partial charge in [0.1, 0.15) is 0 Å². The molecule has 2 heterocycles. The second kappa shape index (κ2) is 5.17. The predicted octanol–water partition coefficient (Wildman–Crippen LogP) is 1.27. The first-order chi connectivity index (χ1) is 9.38. The van der Waals surface area contributed by atoms with Gasteiger partial charge in [-0.25, -0.2) is 0 Å². The molecular formula is C15H23NO3. The van der Waals surface area contributed by atoms with E-state index in [0.29, 0.717) is 11.8 Å². The highest BCUT2D eigenvalue weighted by molar-refractivity contribution is 5.11. The molecule has 0 unspecified atom stereocenters. The zero-order valence-electron chi connectivity index (χ0n) is 11.4. The zero-order chi connectivity index (χ0) is 12.7. The van der Waals surface area contributed by atoms with Gasteiger partial charge >= 0.3 is 0 Å². The first-order valence-electron chi connectivity index (χ1n) is 7.64. The minimum atomic E-state index is 0.0472. The van der Waals surface area contributed by atoms with Gasteiger partial charge in [0.2, 0.25) is 0 Å². The van der Waals surface area contributed by atoms with Gasteiger partial charge in [0, 0.05) is 25.6 Å². The fraction of sp³-hybridized carbons (Fsp3) is 0.867. The molecule has 4 heteroatoms. The van der Waals surface area contributed by atoms with Crippen molar-refractivity contribution in [1.29, 1.82) is 0 Å².